The van der Waals surface area contributed by atoms with Gasteiger partial charge in [0.2, 0.25) is 5.95 Å². The van der Waals surface area contributed by atoms with Gasteiger partial charge in [0.15, 0.2) is 0 Å². The molecule has 0 radical (unpaired) electrons. The van der Waals surface area contributed by atoms with E-state index < -0.39 is 0 Å². The molecule has 0 amide bonds. The quantitative estimate of drug-likeness (QED) is 0.610. The van der Waals surface area contributed by atoms with E-state index in [9.17, 15) is 0 Å². The SMILES string of the molecule is CCOc1ccc(Nc2ccnc(Nc3ccccc3OCC)n2)cc1. The first-order chi connectivity index (χ1) is 12.8. The van der Waals surface area contributed by atoms with Crippen LogP contribution in [0.25, 0.3) is 0 Å². The monoisotopic (exact) mass is 350 g/mol. The summed E-state index contributed by atoms with van der Waals surface area (Å²) in [6.07, 6.45) is 1.70. The number of rotatable bonds is 8. The number of aromatic nitrogens is 2. The lowest BCUT2D eigenvalue weighted by atomic mass is 10.3. The second-order valence-electron chi connectivity index (χ2n) is 5.40. The molecule has 0 aliphatic carbocycles. The topological polar surface area (TPSA) is 68.3 Å². The van der Waals surface area contributed by atoms with Crippen molar-refractivity contribution < 1.29 is 9.47 Å². The molecule has 1 heterocycles. The van der Waals surface area contributed by atoms with Crippen LogP contribution in [0.4, 0.5) is 23.1 Å². The second kappa shape index (κ2) is 8.71. The molecule has 2 aromatic carbocycles. The van der Waals surface area contributed by atoms with Gasteiger partial charge in [0.25, 0.3) is 0 Å². The van der Waals surface area contributed by atoms with Gasteiger partial charge in [0.05, 0.1) is 18.9 Å². The van der Waals surface area contributed by atoms with E-state index in [1.165, 1.54) is 0 Å². The molecule has 3 aromatic rings. The molecule has 0 aliphatic rings. The lowest BCUT2D eigenvalue weighted by molar-refractivity contribution is 0.340. The third kappa shape index (κ3) is 4.63. The number of nitrogens with one attached hydrogen (secondary N) is 2. The maximum Gasteiger partial charge on any atom is 0.229 e. The minimum absolute atomic E-state index is 0.494. The van der Waals surface area contributed by atoms with Crippen molar-refractivity contribution in [3.63, 3.8) is 0 Å². The van der Waals surface area contributed by atoms with Crippen molar-refractivity contribution in [1.82, 2.24) is 9.97 Å². The molecule has 6 nitrogen and oxygen atoms in total. The summed E-state index contributed by atoms with van der Waals surface area (Å²) in [5.74, 6) is 2.80. The Morgan fingerprint density at radius 1 is 0.846 bits per heavy atom. The summed E-state index contributed by atoms with van der Waals surface area (Å²) < 4.78 is 11.1. The van der Waals surface area contributed by atoms with Crippen molar-refractivity contribution in [2.45, 2.75) is 13.8 Å². The van der Waals surface area contributed by atoms with Crippen LogP contribution in [0.2, 0.25) is 0 Å². The molecule has 0 saturated carbocycles. The summed E-state index contributed by atoms with van der Waals surface area (Å²) in [5.41, 5.74) is 1.75. The molecule has 0 unspecified atom stereocenters. The summed E-state index contributed by atoms with van der Waals surface area (Å²) in [4.78, 5) is 8.78. The van der Waals surface area contributed by atoms with Crippen LogP contribution in [-0.4, -0.2) is 23.2 Å². The lowest BCUT2D eigenvalue weighted by Crippen LogP contribution is -2.02. The van der Waals surface area contributed by atoms with Gasteiger partial charge in [-0.25, -0.2) is 4.98 Å². The van der Waals surface area contributed by atoms with E-state index in [1.807, 2.05) is 68.4 Å². The van der Waals surface area contributed by atoms with Gasteiger partial charge in [-0.15, -0.1) is 0 Å². The Labute approximate surface area is 153 Å². The Bertz CT molecular complexity index is 837. The molecular formula is C20H22N4O2. The fraction of sp³-hybridized carbons (Fsp3) is 0.200. The van der Waals surface area contributed by atoms with E-state index in [0.29, 0.717) is 25.0 Å². The highest BCUT2D eigenvalue weighted by atomic mass is 16.5. The molecule has 0 bridgehead atoms. The summed E-state index contributed by atoms with van der Waals surface area (Å²) in [6.45, 7) is 5.16. The maximum absolute atomic E-state index is 5.62. The first-order valence-electron chi connectivity index (χ1n) is 8.60. The molecule has 134 valence electrons. The van der Waals surface area contributed by atoms with E-state index in [0.717, 1.165) is 22.9 Å². The smallest absolute Gasteiger partial charge is 0.229 e. The number of para-hydroxylation sites is 2. The molecule has 0 aliphatic heterocycles. The Kier molecular flexibility index (Phi) is 5.88. The van der Waals surface area contributed by atoms with Crippen LogP contribution in [0.5, 0.6) is 11.5 Å². The second-order valence-corrected chi connectivity index (χ2v) is 5.40. The largest absolute Gasteiger partial charge is 0.494 e. The van der Waals surface area contributed by atoms with E-state index in [-0.39, 0.29) is 0 Å². The van der Waals surface area contributed by atoms with Gasteiger partial charge >= 0.3 is 0 Å². The zero-order valence-corrected chi connectivity index (χ0v) is 14.9. The first-order valence-corrected chi connectivity index (χ1v) is 8.60. The molecular weight excluding hydrogens is 328 g/mol. The summed E-state index contributed by atoms with van der Waals surface area (Å²) >= 11 is 0. The molecule has 0 fully saturated rings. The average molecular weight is 350 g/mol. The van der Waals surface area contributed by atoms with Gasteiger partial charge in [0, 0.05) is 11.9 Å². The van der Waals surface area contributed by atoms with Gasteiger partial charge in [-0.1, -0.05) is 12.1 Å². The standard InChI is InChI=1S/C20H22N4O2/c1-3-25-16-11-9-15(10-12-16)22-19-13-14-21-20(24-19)23-17-7-5-6-8-18(17)26-4-2/h5-14H,3-4H2,1-2H3,(H2,21,22,23,24). The predicted octanol–water partition coefficient (Wildman–Crippen LogP) is 4.76. The van der Waals surface area contributed by atoms with Gasteiger partial charge < -0.3 is 20.1 Å². The van der Waals surface area contributed by atoms with E-state index in [2.05, 4.69) is 20.6 Å². The lowest BCUT2D eigenvalue weighted by Gasteiger charge is -2.12. The fourth-order valence-electron chi connectivity index (χ4n) is 2.41. The number of nitrogens with zero attached hydrogens (tertiary/aromatic N) is 2. The maximum atomic E-state index is 5.62. The highest BCUT2D eigenvalue weighted by molar-refractivity contribution is 5.64. The third-order valence-corrected chi connectivity index (χ3v) is 3.53. The number of benzene rings is 2. The Morgan fingerprint density at radius 3 is 2.38 bits per heavy atom. The van der Waals surface area contributed by atoms with Crippen LogP contribution in [0, 0.1) is 0 Å². The first kappa shape index (κ1) is 17.5. The van der Waals surface area contributed by atoms with Crippen LogP contribution >= 0.6 is 0 Å². The molecule has 1 aromatic heterocycles. The zero-order valence-electron chi connectivity index (χ0n) is 14.9. The predicted molar refractivity (Wildman–Crippen MR) is 104 cm³/mol. The molecule has 2 N–H and O–H groups in total. The van der Waals surface area contributed by atoms with E-state index >= 15 is 0 Å². The molecule has 0 saturated heterocycles. The molecule has 0 atom stereocenters. The van der Waals surface area contributed by atoms with Crippen molar-refractivity contribution >= 4 is 23.1 Å². The fourth-order valence-corrected chi connectivity index (χ4v) is 2.41. The third-order valence-electron chi connectivity index (χ3n) is 3.53. The van der Waals surface area contributed by atoms with E-state index in [1.54, 1.807) is 6.20 Å². The van der Waals surface area contributed by atoms with Crippen molar-refractivity contribution in [1.29, 1.82) is 0 Å². The van der Waals surface area contributed by atoms with Gasteiger partial charge in [-0.05, 0) is 56.3 Å². The van der Waals surface area contributed by atoms with Crippen molar-refractivity contribution in [2.75, 3.05) is 23.8 Å². The van der Waals surface area contributed by atoms with Crippen LogP contribution in [0.1, 0.15) is 13.8 Å². The molecule has 26 heavy (non-hydrogen) atoms. The van der Waals surface area contributed by atoms with Gasteiger partial charge in [0.1, 0.15) is 17.3 Å². The summed E-state index contributed by atoms with van der Waals surface area (Å²) in [7, 11) is 0. The Hall–Kier alpha value is -3.28. The normalized spacial score (nSPS) is 10.2. The molecule has 6 heteroatoms. The van der Waals surface area contributed by atoms with Crippen LogP contribution in [-0.2, 0) is 0 Å². The van der Waals surface area contributed by atoms with Crippen LogP contribution in [0.15, 0.2) is 60.8 Å². The average Bonchev–Trinajstić information content (AvgIpc) is 2.66. The highest BCUT2D eigenvalue weighted by Crippen LogP contribution is 2.26. The minimum atomic E-state index is 0.494. The van der Waals surface area contributed by atoms with Crippen molar-refractivity contribution in [3.8, 4) is 11.5 Å². The van der Waals surface area contributed by atoms with Gasteiger partial charge in [-0.3, -0.25) is 0 Å². The van der Waals surface area contributed by atoms with Gasteiger partial charge in [-0.2, -0.15) is 4.98 Å². The highest BCUT2D eigenvalue weighted by Gasteiger charge is 2.06. The number of anilines is 4. The minimum Gasteiger partial charge on any atom is -0.494 e. The Balaban J connectivity index is 1.72. The van der Waals surface area contributed by atoms with Crippen molar-refractivity contribution in [2.24, 2.45) is 0 Å². The van der Waals surface area contributed by atoms with Crippen molar-refractivity contribution in [3.05, 3.63) is 60.8 Å². The summed E-state index contributed by atoms with van der Waals surface area (Å²) in [5, 5.41) is 6.46. The molecule has 0 spiro atoms. The number of ether oxygens (including phenoxy) is 2. The Morgan fingerprint density at radius 2 is 1.62 bits per heavy atom. The molecule has 3 rings (SSSR count). The number of hydrogen-bond donors (Lipinski definition) is 2. The number of hydrogen-bond acceptors (Lipinski definition) is 6. The summed E-state index contributed by atoms with van der Waals surface area (Å²) in [6, 6.07) is 17.3. The van der Waals surface area contributed by atoms with Crippen LogP contribution < -0.4 is 20.1 Å². The van der Waals surface area contributed by atoms with E-state index in [4.69, 9.17) is 9.47 Å². The van der Waals surface area contributed by atoms with Crippen LogP contribution in [0.3, 0.4) is 0 Å². The zero-order chi connectivity index (χ0) is 18.2.